The molecule has 7 nitrogen and oxygen atoms in total. The Morgan fingerprint density at radius 3 is 1.38 bits per heavy atom. The molecule has 0 saturated heterocycles. The van der Waals surface area contributed by atoms with Crippen LogP contribution in [-0.2, 0) is 23.1 Å². The van der Waals surface area contributed by atoms with Gasteiger partial charge in [0, 0.05) is 0 Å². The summed E-state index contributed by atoms with van der Waals surface area (Å²) in [5.74, 6) is 0. The minimum atomic E-state index is -4.17. The fraction of sp³-hybridized carbons (Fsp3) is 0.900. The van der Waals surface area contributed by atoms with Gasteiger partial charge in [-0.1, -0.05) is 155 Å². The molecule has 286 valence electrons. The van der Waals surface area contributed by atoms with E-state index in [0.717, 1.165) is 19.3 Å². The van der Waals surface area contributed by atoms with Crippen molar-refractivity contribution in [3.05, 3.63) is 24.7 Å². The van der Waals surface area contributed by atoms with Crippen LogP contribution < -0.4 is 0 Å². The van der Waals surface area contributed by atoms with Crippen LogP contribution in [0.25, 0.3) is 0 Å². The lowest BCUT2D eigenvalue weighted by Crippen LogP contribution is -2.37. The number of likely N-dealkylation sites (N-methyl/N-ethyl adjacent to an activating group) is 1. The number of hydrogen-bond acceptors (Lipinski definition) is 5. The zero-order valence-corrected chi connectivity index (χ0v) is 33.4. The van der Waals surface area contributed by atoms with Gasteiger partial charge in [-0.2, -0.15) is 0 Å². The van der Waals surface area contributed by atoms with Gasteiger partial charge in [-0.05, 0) is 37.8 Å². The molecule has 48 heavy (non-hydrogen) atoms. The summed E-state index contributed by atoms with van der Waals surface area (Å²) in [4.78, 5) is 10.2. The Kier molecular flexibility index (Phi) is 34.0. The van der Waals surface area contributed by atoms with Gasteiger partial charge in [-0.15, -0.1) is 0 Å². The second kappa shape index (κ2) is 34.6. The van der Waals surface area contributed by atoms with E-state index >= 15 is 0 Å². The van der Waals surface area contributed by atoms with Crippen molar-refractivity contribution < 1.29 is 32.5 Å². The predicted octanol–water partition coefficient (Wildman–Crippen LogP) is 12.4. The van der Waals surface area contributed by atoms with E-state index in [0.29, 0.717) is 11.0 Å². The molecule has 0 bridgehead atoms. The van der Waals surface area contributed by atoms with E-state index < -0.39 is 13.9 Å². The second-order valence-electron chi connectivity index (χ2n) is 14.8. The molecular formula is C40H81NO6P+. The number of unbranched alkanes of at least 4 members (excludes halogenated alkanes) is 24. The average Bonchev–Trinajstić information content (AvgIpc) is 3.04. The Hall–Kier alpha value is -0.850. The van der Waals surface area contributed by atoms with Crippen LogP contribution >= 0.6 is 7.82 Å². The Bertz CT molecular complexity index is 769. The maximum Gasteiger partial charge on any atom is 0.472 e. The number of phosphoric acid groups is 1. The average molecular weight is 703 g/mol. The van der Waals surface area contributed by atoms with Crippen LogP contribution in [0.15, 0.2) is 24.7 Å². The van der Waals surface area contributed by atoms with E-state index in [1.807, 2.05) is 27.2 Å². The molecule has 1 N–H and O–H groups in total. The van der Waals surface area contributed by atoms with E-state index in [2.05, 4.69) is 19.9 Å². The summed E-state index contributed by atoms with van der Waals surface area (Å²) >= 11 is 0. The number of hydrogen-bond donors (Lipinski definition) is 1. The van der Waals surface area contributed by atoms with Crippen molar-refractivity contribution in [1.29, 1.82) is 0 Å². The van der Waals surface area contributed by atoms with E-state index in [4.69, 9.17) is 18.5 Å². The summed E-state index contributed by atoms with van der Waals surface area (Å²) in [6.07, 6.45) is 41.1. The van der Waals surface area contributed by atoms with Crippen molar-refractivity contribution in [2.75, 3.05) is 47.5 Å². The molecule has 0 rings (SSSR count). The molecule has 0 aliphatic heterocycles. The molecule has 0 aromatic carbocycles. The molecule has 0 spiro atoms. The van der Waals surface area contributed by atoms with E-state index in [1.165, 1.54) is 148 Å². The molecule has 0 radical (unpaired) electrons. The van der Waals surface area contributed by atoms with Gasteiger partial charge in [0.15, 0.2) is 6.10 Å². The molecule has 0 aromatic heterocycles. The SMILES string of the molecule is CCCCCCCCCCCCCC/C=C\OC[C@H](COP(=O)(O)OCC[N+](C)(C)C)O/C=C\CCCCCCCCCCCCCC. The van der Waals surface area contributed by atoms with Crippen LogP contribution in [0.2, 0.25) is 0 Å². The normalized spacial score (nSPS) is 14.2. The number of phosphoric ester groups is 1. The predicted molar refractivity (Wildman–Crippen MR) is 205 cm³/mol. The topological polar surface area (TPSA) is 74.2 Å². The molecule has 0 saturated carbocycles. The largest absolute Gasteiger partial charge is 0.498 e. The molecule has 1 unspecified atom stereocenters. The van der Waals surface area contributed by atoms with Gasteiger partial charge in [0.05, 0.1) is 40.3 Å². The van der Waals surface area contributed by atoms with Gasteiger partial charge in [0.25, 0.3) is 0 Å². The Morgan fingerprint density at radius 2 is 0.958 bits per heavy atom. The van der Waals surface area contributed by atoms with Crippen LogP contribution in [0.3, 0.4) is 0 Å². The fourth-order valence-corrected chi connectivity index (χ4v) is 6.25. The first-order valence-corrected chi connectivity index (χ1v) is 21.7. The minimum absolute atomic E-state index is 0.0896. The van der Waals surface area contributed by atoms with Crippen molar-refractivity contribution in [1.82, 2.24) is 0 Å². The third-order valence-electron chi connectivity index (χ3n) is 8.73. The highest BCUT2D eigenvalue weighted by Gasteiger charge is 2.25. The maximum absolute atomic E-state index is 12.4. The van der Waals surface area contributed by atoms with Crippen LogP contribution in [0.1, 0.15) is 181 Å². The summed E-state index contributed by atoms with van der Waals surface area (Å²) in [5, 5.41) is 0. The Labute approximate surface area is 298 Å². The number of ether oxygens (including phenoxy) is 2. The molecule has 0 amide bonds. The summed E-state index contributed by atoms with van der Waals surface area (Å²) < 4.78 is 35.1. The van der Waals surface area contributed by atoms with Gasteiger partial charge in [-0.25, -0.2) is 4.57 Å². The van der Waals surface area contributed by atoms with Crippen molar-refractivity contribution in [2.24, 2.45) is 0 Å². The zero-order valence-electron chi connectivity index (χ0n) is 32.5. The van der Waals surface area contributed by atoms with Gasteiger partial charge >= 0.3 is 7.82 Å². The lowest BCUT2D eigenvalue weighted by Gasteiger charge is -2.24. The quantitative estimate of drug-likeness (QED) is 0.0299. The number of nitrogens with zero attached hydrogens (tertiary/aromatic N) is 1. The second-order valence-corrected chi connectivity index (χ2v) is 16.3. The Balaban J connectivity index is 4.24. The van der Waals surface area contributed by atoms with Crippen molar-refractivity contribution >= 4 is 7.82 Å². The number of quaternary nitrogens is 1. The molecule has 0 aliphatic rings. The highest BCUT2D eigenvalue weighted by molar-refractivity contribution is 7.47. The van der Waals surface area contributed by atoms with Crippen LogP contribution in [0.4, 0.5) is 0 Å². The fourth-order valence-electron chi connectivity index (χ4n) is 5.51. The highest BCUT2D eigenvalue weighted by Crippen LogP contribution is 2.43. The first-order chi connectivity index (χ1) is 23.2. The molecule has 0 heterocycles. The molecule has 8 heteroatoms. The number of allylic oxidation sites excluding steroid dienone is 2. The highest BCUT2D eigenvalue weighted by atomic mass is 31.2. The summed E-state index contributed by atoms with van der Waals surface area (Å²) in [6, 6.07) is 0. The zero-order chi connectivity index (χ0) is 35.4. The lowest BCUT2D eigenvalue weighted by atomic mass is 10.0. The van der Waals surface area contributed by atoms with E-state index in [1.54, 1.807) is 12.5 Å². The van der Waals surface area contributed by atoms with Crippen molar-refractivity contribution in [2.45, 2.75) is 187 Å². The molecular weight excluding hydrogens is 621 g/mol. The summed E-state index contributed by atoms with van der Waals surface area (Å²) in [7, 11) is 1.84. The van der Waals surface area contributed by atoms with E-state index in [9.17, 15) is 9.46 Å². The first-order valence-electron chi connectivity index (χ1n) is 20.2. The molecule has 0 aliphatic carbocycles. The molecule has 0 aromatic rings. The van der Waals surface area contributed by atoms with Gasteiger partial charge in [0.2, 0.25) is 0 Å². The summed E-state index contributed by atoms with van der Waals surface area (Å²) in [5.41, 5.74) is 0. The van der Waals surface area contributed by atoms with Crippen LogP contribution in [-0.4, -0.2) is 63.0 Å². The van der Waals surface area contributed by atoms with Gasteiger partial charge in [0.1, 0.15) is 19.8 Å². The third kappa shape index (κ3) is 38.0. The van der Waals surface area contributed by atoms with Gasteiger partial charge < -0.3 is 18.9 Å². The van der Waals surface area contributed by atoms with Crippen molar-refractivity contribution in [3.63, 3.8) is 0 Å². The Morgan fingerprint density at radius 1 is 0.562 bits per heavy atom. The van der Waals surface area contributed by atoms with E-state index in [-0.39, 0.29) is 19.8 Å². The smallest absolute Gasteiger partial charge is 0.472 e. The molecule has 0 fully saturated rings. The standard InChI is InChI=1S/C40H80NO6P/c1-6-8-10-12-14-16-18-20-22-24-26-28-30-32-35-44-38-40(39-47-48(42,43)46-37-34-41(3,4)5)45-36-33-31-29-27-25-23-21-19-17-15-13-11-9-7-2/h32-33,35-36,40H,6-31,34,37-39H2,1-5H3/p+1/b35-32-,36-33-/t40-/m1/s1. The van der Waals surface area contributed by atoms with Crippen molar-refractivity contribution in [3.8, 4) is 0 Å². The lowest BCUT2D eigenvalue weighted by molar-refractivity contribution is -0.870. The third-order valence-corrected chi connectivity index (χ3v) is 9.71. The monoisotopic (exact) mass is 703 g/mol. The summed E-state index contributed by atoms with van der Waals surface area (Å²) in [6.45, 7) is 5.43. The first kappa shape index (κ1) is 47.1. The minimum Gasteiger partial charge on any atom is -0.498 e. The van der Waals surface area contributed by atoms with Crippen LogP contribution in [0, 0.1) is 0 Å². The van der Waals surface area contributed by atoms with Gasteiger partial charge in [-0.3, -0.25) is 9.05 Å². The molecule has 2 atom stereocenters. The number of rotatable bonds is 38. The van der Waals surface area contributed by atoms with Crippen LogP contribution in [0.5, 0.6) is 0 Å². The maximum atomic E-state index is 12.4.